The Balaban J connectivity index is 5.58. The number of hydrogen-bond donors (Lipinski definition) is 0. The number of ether oxygens (including phenoxy) is 1. The molecule has 0 aromatic rings. The molecule has 0 spiro atoms. The SMILES string of the molecule is CCOC(=S)C(C)(CCC(F)(F)F)S(=O)(=O)CCC(F)(F)C(F)(F)F. The standard InChI is InChI=1S/C12H16F8O3S2/c1-3-23-8(24)9(2,4-5-11(15,16)17)25(21,22)7-6-10(13,14)12(18,19)20/h3-7H2,1-2H3. The average Bonchev–Trinajstić information content (AvgIpc) is 2.40. The lowest BCUT2D eigenvalue weighted by Crippen LogP contribution is -2.47. The fourth-order valence-corrected chi connectivity index (χ4v) is 3.98. The van der Waals surface area contributed by atoms with E-state index in [1.165, 1.54) is 6.92 Å². The van der Waals surface area contributed by atoms with Crippen LogP contribution in [-0.2, 0) is 14.6 Å². The smallest absolute Gasteiger partial charge is 0.453 e. The van der Waals surface area contributed by atoms with Crippen molar-refractivity contribution in [3.05, 3.63) is 0 Å². The lowest BCUT2D eigenvalue weighted by molar-refractivity contribution is -0.282. The largest absolute Gasteiger partial charge is 0.486 e. The highest BCUT2D eigenvalue weighted by atomic mass is 32.2. The zero-order chi connectivity index (χ0) is 20.3. The maximum atomic E-state index is 12.9. The molecule has 0 aromatic heterocycles. The Morgan fingerprint density at radius 3 is 1.80 bits per heavy atom. The van der Waals surface area contributed by atoms with Crippen LogP contribution in [0, 0.1) is 0 Å². The summed E-state index contributed by atoms with van der Waals surface area (Å²) in [5, 5.41) is -0.811. The summed E-state index contributed by atoms with van der Waals surface area (Å²) in [7, 11) is -4.91. The van der Waals surface area contributed by atoms with Gasteiger partial charge >= 0.3 is 18.3 Å². The van der Waals surface area contributed by atoms with Crippen LogP contribution in [0.5, 0.6) is 0 Å². The minimum atomic E-state index is -5.98. The lowest BCUT2D eigenvalue weighted by atomic mass is 10.1. The number of sulfone groups is 1. The molecule has 0 aliphatic carbocycles. The topological polar surface area (TPSA) is 43.4 Å². The van der Waals surface area contributed by atoms with Crippen molar-refractivity contribution < 1.29 is 48.3 Å². The Bertz CT molecular complexity index is 568. The predicted molar refractivity (Wildman–Crippen MR) is 77.3 cm³/mol. The van der Waals surface area contributed by atoms with Crippen LogP contribution in [0.3, 0.4) is 0 Å². The molecule has 0 saturated carbocycles. The van der Waals surface area contributed by atoms with Gasteiger partial charge in [-0.1, -0.05) is 0 Å². The number of halogens is 8. The average molecular weight is 424 g/mol. The molecule has 1 atom stereocenters. The third-order valence-corrected chi connectivity index (χ3v) is 6.58. The molecule has 0 saturated heterocycles. The molecule has 13 heteroatoms. The second-order valence-corrected chi connectivity index (χ2v) is 8.25. The molecule has 0 heterocycles. The first kappa shape index (κ1) is 24.3. The van der Waals surface area contributed by atoms with Crippen molar-refractivity contribution in [3.8, 4) is 0 Å². The third-order valence-electron chi connectivity index (χ3n) is 3.38. The highest BCUT2D eigenvalue weighted by Crippen LogP contribution is 2.40. The summed E-state index contributed by atoms with van der Waals surface area (Å²) in [6, 6.07) is 0. The first-order valence-corrected chi connectivity index (χ1v) is 8.86. The van der Waals surface area contributed by atoms with E-state index in [0.29, 0.717) is 0 Å². The van der Waals surface area contributed by atoms with Crippen LogP contribution in [0.15, 0.2) is 0 Å². The van der Waals surface area contributed by atoms with Crippen molar-refractivity contribution >= 4 is 27.1 Å². The van der Waals surface area contributed by atoms with E-state index in [1.54, 1.807) is 0 Å². The summed E-state index contributed by atoms with van der Waals surface area (Å²) in [5.41, 5.74) is 0. The van der Waals surface area contributed by atoms with Crippen LogP contribution >= 0.6 is 12.2 Å². The molecule has 0 aromatic carbocycles. The first-order chi connectivity index (χ1) is 10.9. The van der Waals surface area contributed by atoms with Crippen molar-refractivity contribution in [1.29, 1.82) is 0 Å². The van der Waals surface area contributed by atoms with E-state index in [-0.39, 0.29) is 6.61 Å². The summed E-state index contributed by atoms with van der Waals surface area (Å²) in [6.45, 7) is 1.85. The normalized spacial score (nSPS) is 16.4. The van der Waals surface area contributed by atoms with Gasteiger partial charge in [-0.2, -0.15) is 35.1 Å². The highest BCUT2D eigenvalue weighted by molar-refractivity contribution is 7.95. The van der Waals surface area contributed by atoms with Crippen molar-refractivity contribution in [2.45, 2.75) is 56.1 Å². The molecule has 3 nitrogen and oxygen atoms in total. The van der Waals surface area contributed by atoms with Crippen LogP contribution in [-0.4, -0.2) is 48.9 Å². The molecule has 0 bridgehead atoms. The Morgan fingerprint density at radius 2 is 1.44 bits per heavy atom. The number of hydrogen-bond acceptors (Lipinski definition) is 4. The van der Waals surface area contributed by atoms with Gasteiger partial charge in [-0.05, 0) is 32.5 Å². The molecule has 0 amide bonds. The van der Waals surface area contributed by atoms with Crippen LogP contribution in [0.25, 0.3) is 0 Å². The van der Waals surface area contributed by atoms with Crippen LogP contribution in [0.1, 0.15) is 33.1 Å². The minimum Gasteiger partial charge on any atom is -0.486 e. The molecule has 0 fully saturated rings. The molecule has 150 valence electrons. The maximum absolute atomic E-state index is 12.9. The predicted octanol–water partition coefficient (Wildman–Crippen LogP) is 4.45. The van der Waals surface area contributed by atoms with Gasteiger partial charge < -0.3 is 4.74 Å². The van der Waals surface area contributed by atoms with Gasteiger partial charge in [0, 0.05) is 12.8 Å². The molecule has 0 radical (unpaired) electrons. The fourth-order valence-electron chi connectivity index (χ4n) is 1.68. The molecule has 0 aliphatic heterocycles. The third kappa shape index (κ3) is 6.50. The second kappa shape index (κ2) is 7.89. The first-order valence-electron chi connectivity index (χ1n) is 6.80. The van der Waals surface area contributed by atoms with Crippen molar-refractivity contribution in [1.82, 2.24) is 0 Å². The van der Waals surface area contributed by atoms with E-state index >= 15 is 0 Å². The van der Waals surface area contributed by atoms with E-state index in [2.05, 4.69) is 12.2 Å². The molecular weight excluding hydrogens is 408 g/mol. The van der Waals surface area contributed by atoms with Gasteiger partial charge in [0.05, 0.1) is 12.4 Å². The number of thiocarbonyl (C=S) groups is 1. The van der Waals surface area contributed by atoms with E-state index in [1.807, 2.05) is 0 Å². The molecule has 25 heavy (non-hydrogen) atoms. The summed E-state index contributed by atoms with van der Waals surface area (Å²) in [5.74, 6) is -7.01. The van der Waals surface area contributed by atoms with Gasteiger partial charge in [-0.25, -0.2) is 8.42 Å². The number of rotatable bonds is 8. The summed E-state index contributed by atoms with van der Waals surface area (Å²) in [4.78, 5) is 0. The highest BCUT2D eigenvalue weighted by Gasteiger charge is 2.58. The Labute approximate surface area is 144 Å². The Hall–Kier alpha value is -0.720. The van der Waals surface area contributed by atoms with Crippen molar-refractivity contribution in [2.75, 3.05) is 12.4 Å². The van der Waals surface area contributed by atoms with E-state index in [0.717, 1.165) is 6.92 Å². The fraction of sp³-hybridized carbons (Fsp3) is 0.917. The van der Waals surface area contributed by atoms with Crippen LogP contribution in [0.4, 0.5) is 35.1 Å². The van der Waals surface area contributed by atoms with E-state index in [4.69, 9.17) is 4.74 Å². The second-order valence-electron chi connectivity index (χ2n) is 5.34. The van der Waals surface area contributed by atoms with Gasteiger partial charge in [0.15, 0.2) is 14.9 Å². The van der Waals surface area contributed by atoms with Crippen molar-refractivity contribution in [3.63, 3.8) is 0 Å². The Morgan fingerprint density at radius 1 is 0.960 bits per heavy atom. The molecular formula is C12H16F8O3S2. The van der Waals surface area contributed by atoms with Gasteiger partial charge in [-0.15, -0.1) is 0 Å². The zero-order valence-electron chi connectivity index (χ0n) is 13.1. The van der Waals surface area contributed by atoms with Crippen molar-refractivity contribution in [2.24, 2.45) is 0 Å². The molecule has 0 N–H and O–H groups in total. The maximum Gasteiger partial charge on any atom is 0.453 e. The summed E-state index contributed by atoms with van der Waals surface area (Å²) in [6.07, 6.45) is -15.7. The molecule has 0 rings (SSSR count). The van der Waals surface area contributed by atoms with Crippen LogP contribution < -0.4 is 0 Å². The summed E-state index contributed by atoms with van der Waals surface area (Å²) >= 11 is 4.63. The van der Waals surface area contributed by atoms with Gasteiger partial charge in [0.2, 0.25) is 0 Å². The Kier molecular flexibility index (Phi) is 7.66. The molecule has 1 unspecified atom stereocenters. The zero-order valence-corrected chi connectivity index (χ0v) is 14.7. The van der Waals surface area contributed by atoms with Gasteiger partial charge in [0.1, 0.15) is 4.75 Å². The molecule has 0 aliphatic rings. The van der Waals surface area contributed by atoms with Crippen LogP contribution in [0.2, 0.25) is 0 Å². The monoisotopic (exact) mass is 424 g/mol. The van der Waals surface area contributed by atoms with Gasteiger partial charge in [0.25, 0.3) is 0 Å². The lowest BCUT2D eigenvalue weighted by Gasteiger charge is -2.31. The number of alkyl halides is 8. The van der Waals surface area contributed by atoms with E-state index < -0.39 is 62.9 Å². The van der Waals surface area contributed by atoms with Gasteiger partial charge in [-0.3, -0.25) is 0 Å². The van der Waals surface area contributed by atoms with E-state index in [9.17, 15) is 43.5 Å². The quantitative estimate of drug-likeness (QED) is 0.427. The minimum absolute atomic E-state index is 0.214. The summed E-state index contributed by atoms with van der Waals surface area (Å²) < 4.78 is 126.